The molecule has 0 saturated carbocycles. The minimum absolute atomic E-state index is 0.0723. The number of nitrogens with zero attached hydrogens (tertiary/aromatic N) is 1. The average Bonchev–Trinajstić information content (AvgIpc) is 3.12. The molecule has 0 radical (unpaired) electrons. The predicted molar refractivity (Wildman–Crippen MR) is 139 cm³/mol. The Morgan fingerprint density at radius 3 is 2.21 bits per heavy atom. The van der Waals surface area contributed by atoms with Gasteiger partial charge in [-0.1, -0.05) is 62.9 Å². The molecule has 0 fully saturated rings. The summed E-state index contributed by atoms with van der Waals surface area (Å²) in [6.07, 6.45) is 0. The maximum absolute atomic E-state index is 13.1. The van der Waals surface area contributed by atoms with Crippen molar-refractivity contribution >= 4 is 90.7 Å². The van der Waals surface area contributed by atoms with E-state index in [-0.39, 0.29) is 16.4 Å². The summed E-state index contributed by atoms with van der Waals surface area (Å²) in [5.74, 6) is -2.52. The predicted octanol–water partition coefficient (Wildman–Crippen LogP) is 6.33. The molecule has 0 saturated heterocycles. The number of fused-ring (bicyclic) bond motifs is 1. The van der Waals surface area contributed by atoms with E-state index in [4.69, 9.17) is 34.8 Å². The van der Waals surface area contributed by atoms with E-state index >= 15 is 0 Å². The lowest BCUT2D eigenvalue weighted by molar-refractivity contribution is -0.133. The number of amides is 3. The number of halogens is 4. The van der Waals surface area contributed by atoms with Gasteiger partial charge in [0.15, 0.2) is 0 Å². The van der Waals surface area contributed by atoms with E-state index in [9.17, 15) is 14.4 Å². The van der Waals surface area contributed by atoms with Crippen LogP contribution in [0.1, 0.15) is 10.5 Å². The van der Waals surface area contributed by atoms with Gasteiger partial charge < -0.3 is 10.6 Å². The lowest BCUT2D eigenvalue weighted by Crippen LogP contribution is -2.36. The minimum Gasteiger partial charge on any atom is -0.321 e. The second-order valence-electron chi connectivity index (χ2n) is 7.06. The third-order valence-electron chi connectivity index (χ3n) is 4.66. The first kappa shape index (κ1) is 24.1. The first-order chi connectivity index (χ1) is 16.2. The van der Waals surface area contributed by atoms with Gasteiger partial charge in [-0.2, -0.15) is 0 Å². The van der Waals surface area contributed by atoms with Crippen molar-refractivity contribution in [3.63, 3.8) is 0 Å². The number of para-hydroxylation sites is 1. The van der Waals surface area contributed by atoms with Gasteiger partial charge in [0.1, 0.15) is 5.69 Å². The lowest BCUT2D eigenvalue weighted by Gasteiger charge is -2.13. The molecular weight excluding hydrogens is 567 g/mol. The van der Waals surface area contributed by atoms with Crippen molar-refractivity contribution in [2.75, 3.05) is 16.1 Å². The summed E-state index contributed by atoms with van der Waals surface area (Å²) in [6.45, 7) is 0. The normalized spacial score (nSPS) is 10.7. The molecule has 4 rings (SSSR count). The van der Waals surface area contributed by atoms with Crippen LogP contribution in [0.4, 0.5) is 11.4 Å². The molecule has 1 aromatic heterocycles. The van der Waals surface area contributed by atoms with Crippen LogP contribution in [0.3, 0.4) is 0 Å². The SMILES string of the molecule is O=C(Nc1ccccc1Cl)C(=O)Nn1c(C(=O)Nc2cc(Cl)cc(Cl)c2)cc2cc(Br)ccc21. The Kier molecular flexibility index (Phi) is 7.13. The molecule has 3 N–H and O–H groups in total. The zero-order valence-corrected chi connectivity index (χ0v) is 20.9. The largest absolute Gasteiger partial charge is 0.328 e. The highest BCUT2D eigenvalue weighted by Crippen LogP contribution is 2.26. The maximum Gasteiger partial charge on any atom is 0.328 e. The van der Waals surface area contributed by atoms with Gasteiger partial charge in [0.05, 0.1) is 16.2 Å². The number of carbonyl (C=O) groups is 3. The Balaban J connectivity index is 1.65. The van der Waals surface area contributed by atoms with E-state index in [1.54, 1.807) is 48.5 Å². The number of rotatable bonds is 4. The molecule has 3 aromatic carbocycles. The average molecular weight is 581 g/mol. The van der Waals surface area contributed by atoms with Crippen molar-refractivity contribution in [3.8, 4) is 0 Å². The standard InChI is InChI=1S/C23H14BrCl3N4O3/c24-13-5-6-19-12(7-13)8-20(21(32)28-16-10-14(25)9-15(26)11-16)31(19)30-23(34)22(33)29-18-4-2-1-3-17(18)27/h1-11H,(H,28,32)(H,29,33)(H,30,34). The first-order valence-electron chi connectivity index (χ1n) is 9.66. The van der Waals surface area contributed by atoms with E-state index in [1.807, 2.05) is 0 Å². The molecule has 34 heavy (non-hydrogen) atoms. The molecule has 4 aromatic rings. The van der Waals surface area contributed by atoms with Crippen LogP contribution >= 0.6 is 50.7 Å². The summed E-state index contributed by atoms with van der Waals surface area (Å²) in [5.41, 5.74) is 3.69. The molecular formula is C23H14BrCl3N4O3. The van der Waals surface area contributed by atoms with Crippen LogP contribution in [0, 0.1) is 0 Å². The van der Waals surface area contributed by atoms with Crippen LogP contribution in [-0.4, -0.2) is 22.4 Å². The maximum atomic E-state index is 13.1. The van der Waals surface area contributed by atoms with Gasteiger partial charge in [-0.25, -0.2) is 4.68 Å². The monoisotopic (exact) mass is 578 g/mol. The fourth-order valence-electron chi connectivity index (χ4n) is 3.19. The van der Waals surface area contributed by atoms with Crippen molar-refractivity contribution in [1.29, 1.82) is 0 Å². The Labute approximate surface area is 217 Å². The minimum atomic E-state index is -1.000. The number of hydrogen-bond acceptors (Lipinski definition) is 3. The molecule has 0 aliphatic rings. The summed E-state index contributed by atoms with van der Waals surface area (Å²) >= 11 is 21.5. The van der Waals surface area contributed by atoms with Crippen LogP contribution in [0.15, 0.2) is 71.2 Å². The highest BCUT2D eigenvalue weighted by atomic mass is 79.9. The van der Waals surface area contributed by atoms with Crippen LogP contribution in [0.2, 0.25) is 15.1 Å². The van der Waals surface area contributed by atoms with E-state index < -0.39 is 17.7 Å². The van der Waals surface area contributed by atoms with Crippen molar-refractivity contribution < 1.29 is 14.4 Å². The Bertz CT molecular complexity index is 1430. The van der Waals surface area contributed by atoms with Crippen LogP contribution in [-0.2, 0) is 9.59 Å². The highest BCUT2D eigenvalue weighted by Gasteiger charge is 2.22. The van der Waals surface area contributed by atoms with Gasteiger partial charge in [0.25, 0.3) is 5.91 Å². The highest BCUT2D eigenvalue weighted by molar-refractivity contribution is 9.10. The lowest BCUT2D eigenvalue weighted by atomic mass is 10.2. The van der Waals surface area contributed by atoms with Gasteiger partial charge in [-0.05, 0) is 54.6 Å². The van der Waals surface area contributed by atoms with Crippen molar-refractivity contribution in [2.24, 2.45) is 0 Å². The van der Waals surface area contributed by atoms with Crippen LogP contribution in [0.5, 0.6) is 0 Å². The first-order valence-corrected chi connectivity index (χ1v) is 11.6. The summed E-state index contributed by atoms with van der Waals surface area (Å²) < 4.78 is 2.01. The molecule has 7 nitrogen and oxygen atoms in total. The Morgan fingerprint density at radius 1 is 0.794 bits per heavy atom. The fourth-order valence-corrected chi connectivity index (χ4v) is 4.28. The summed E-state index contributed by atoms with van der Waals surface area (Å²) in [5, 5.41) is 6.76. The third kappa shape index (κ3) is 5.37. The third-order valence-corrected chi connectivity index (χ3v) is 5.92. The molecule has 11 heteroatoms. The van der Waals surface area contributed by atoms with Gasteiger partial charge in [-0.15, -0.1) is 0 Å². The van der Waals surface area contributed by atoms with Gasteiger partial charge in [0, 0.05) is 25.6 Å². The van der Waals surface area contributed by atoms with Crippen LogP contribution < -0.4 is 16.1 Å². The van der Waals surface area contributed by atoms with E-state index in [0.29, 0.717) is 26.6 Å². The van der Waals surface area contributed by atoms with E-state index in [2.05, 4.69) is 32.0 Å². The topological polar surface area (TPSA) is 92.2 Å². The smallest absolute Gasteiger partial charge is 0.321 e. The van der Waals surface area contributed by atoms with E-state index in [1.165, 1.54) is 22.9 Å². The molecule has 0 atom stereocenters. The number of anilines is 2. The summed E-state index contributed by atoms with van der Waals surface area (Å²) in [4.78, 5) is 38.3. The molecule has 0 unspecified atom stereocenters. The molecule has 0 aliphatic heterocycles. The molecule has 3 amide bonds. The molecule has 1 heterocycles. The van der Waals surface area contributed by atoms with E-state index in [0.717, 1.165) is 4.47 Å². The van der Waals surface area contributed by atoms with Gasteiger partial charge in [-0.3, -0.25) is 19.8 Å². The Hall–Kier alpha value is -3.04. The van der Waals surface area contributed by atoms with Crippen molar-refractivity contribution in [2.45, 2.75) is 0 Å². The number of hydrogen-bond donors (Lipinski definition) is 3. The number of carbonyl (C=O) groups excluding carboxylic acids is 3. The van der Waals surface area contributed by atoms with Crippen molar-refractivity contribution in [3.05, 3.63) is 92.0 Å². The molecule has 0 bridgehead atoms. The summed E-state index contributed by atoms with van der Waals surface area (Å²) in [7, 11) is 0. The number of nitrogens with one attached hydrogen (secondary N) is 3. The van der Waals surface area contributed by atoms with Crippen molar-refractivity contribution in [1.82, 2.24) is 4.68 Å². The Morgan fingerprint density at radius 2 is 1.50 bits per heavy atom. The van der Waals surface area contributed by atoms with Crippen LogP contribution in [0.25, 0.3) is 10.9 Å². The van der Waals surface area contributed by atoms with Gasteiger partial charge >= 0.3 is 11.8 Å². The molecule has 172 valence electrons. The second-order valence-corrected chi connectivity index (χ2v) is 9.25. The summed E-state index contributed by atoms with van der Waals surface area (Å²) in [6, 6.07) is 17.9. The van der Waals surface area contributed by atoms with Gasteiger partial charge in [0.2, 0.25) is 0 Å². The second kappa shape index (κ2) is 10.1. The molecule has 0 spiro atoms. The zero-order chi connectivity index (χ0) is 24.4. The number of benzene rings is 3. The zero-order valence-electron chi connectivity index (χ0n) is 17.0. The number of aromatic nitrogens is 1. The quantitative estimate of drug-likeness (QED) is 0.247. The molecule has 0 aliphatic carbocycles. The fraction of sp³-hybridized carbons (Fsp3) is 0.